The molecular formula is C25H19F3N6O. The van der Waals surface area contributed by atoms with Gasteiger partial charge in [0.05, 0.1) is 5.56 Å². The predicted molar refractivity (Wildman–Crippen MR) is 130 cm³/mol. The highest BCUT2D eigenvalue weighted by Crippen LogP contribution is 2.34. The molecule has 5 rings (SSSR count). The van der Waals surface area contributed by atoms with Crippen LogP contribution in [0.3, 0.4) is 0 Å². The normalized spacial score (nSPS) is 11.7. The summed E-state index contributed by atoms with van der Waals surface area (Å²) in [5.41, 5.74) is 0.859. The summed E-state index contributed by atoms with van der Waals surface area (Å²) in [5, 5.41) is 7.92. The SMILES string of the molecule is CNc1ncc2cc(-c3cccc4c(Nc5cccc(C(F)(F)F)c5)nccc34)c(=O)n(C)c2n1. The Hall–Kier alpha value is -4.47. The lowest BCUT2D eigenvalue weighted by Gasteiger charge is -2.14. The number of halogens is 3. The minimum Gasteiger partial charge on any atom is -0.357 e. The van der Waals surface area contributed by atoms with Crippen LogP contribution in [0.4, 0.5) is 30.6 Å². The zero-order chi connectivity index (χ0) is 24.7. The summed E-state index contributed by atoms with van der Waals surface area (Å²) in [7, 11) is 3.34. The molecule has 0 atom stereocenters. The predicted octanol–water partition coefficient (Wildman–Crippen LogP) is 5.35. The highest BCUT2D eigenvalue weighted by Gasteiger charge is 2.30. The van der Waals surface area contributed by atoms with Gasteiger partial charge >= 0.3 is 6.18 Å². The maximum atomic E-state index is 13.3. The van der Waals surface area contributed by atoms with Crippen molar-refractivity contribution in [3.8, 4) is 11.1 Å². The number of aromatic nitrogens is 4. The zero-order valence-corrected chi connectivity index (χ0v) is 18.7. The van der Waals surface area contributed by atoms with E-state index in [2.05, 4.69) is 25.6 Å². The number of rotatable bonds is 4. The first kappa shape index (κ1) is 22.3. The molecule has 10 heteroatoms. The summed E-state index contributed by atoms with van der Waals surface area (Å²) >= 11 is 0. The second-order valence-corrected chi connectivity index (χ2v) is 7.91. The number of pyridine rings is 2. The molecule has 35 heavy (non-hydrogen) atoms. The number of aryl methyl sites for hydroxylation is 1. The molecule has 0 radical (unpaired) electrons. The van der Waals surface area contributed by atoms with Crippen molar-refractivity contribution >= 4 is 39.3 Å². The van der Waals surface area contributed by atoms with Gasteiger partial charge in [0.2, 0.25) is 5.95 Å². The van der Waals surface area contributed by atoms with E-state index >= 15 is 0 Å². The standard InChI is InChI=1S/C25H19F3N6O/c1-29-24-31-13-14-11-20(23(35)34(2)22(14)33-24)17-7-4-8-19-18(17)9-10-30-21(19)32-16-6-3-5-15(12-16)25(26,27)28/h3-13H,1-2H3,(H,30,32)(H,29,31,33). The van der Waals surface area contributed by atoms with Crippen molar-refractivity contribution in [2.75, 3.05) is 17.7 Å². The largest absolute Gasteiger partial charge is 0.416 e. The summed E-state index contributed by atoms with van der Waals surface area (Å²) in [6.45, 7) is 0. The lowest BCUT2D eigenvalue weighted by Crippen LogP contribution is -2.20. The van der Waals surface area contributed by atoms with Crippen LogP contribution >= 0.6 is 0 Å². The summed E-state index contributed by atoms with van der Waals surface area (Å²) in [5.74, 6) is 0.782. The topological polar surface area (TPSA) is 84.7 Å². The van der Waals surface area contributed by atoms with Gasteiger partial charge < -0.3 is 10.6 Å². The zero-order valence-electron chi connectivity index (χ0n) is 18.7. The molecule has 0 amide bonds. The van der Waals surface area contributed by atoms with E-state index in [9.17, 15) is 18.0 Å². The molecule has 0 unspecified atom stereocenters. The van der Waals surface area contributed by atoms with Gasteiger partial charge in [-0.05, 0) is 41.3 Å². The Balaban J connectivity index is 1.64. The molecule has 0 aliphatic heterocycles. The molecule has 176 valence electrons. The smallest absolute Gasteiger partial charge is 0.357 e. The summed E-state index contributed by atoms with van der Waals surface area (Å²) in [6, 6.07) is 13.8. The Morgan fingerprint density at radius 3 is 2.51 bits per heavy atom. The van der Waals surface area contributed by atoms with Gasteiger partial charge in [-0.2, -0.15) is 18.2 Å². The van der Waals surface area contributed by atoms with Crippen LogP contribution in [0.1, 0.15) is 5.56 Å². The van der Waals surface area contributed by atoms with E-state index in [1.54, 1.807) is 50.8 Å². The molecule has 7 nitrogen and oxygen atoms in total. The van der Waals surface area contributed by atoms with Gasteiger partial charge in [-0.25, -0.2) is 9.97 Å². The highest BCUT2D eigenvalue weighted by molar-refractivity contribution is 6.03. The molecule has 0 aliphatic carbocycles. The molecule has 2 aromatic carbocycles. The maximum absolute atomic E-state index is 13.3. The number of anilines is 3. The summed E-state index contributed by atoms with van der Waals surface area (Å²) in [4.78, 5) is 26.2. The molecule has 3 aromatic heterocycles. The van der Waals surface area contributed by atoms with E-state index in [0.29, 0.717) is 39.3 Å². The van der Waals surface area contributed by atoms with Gasteiger partial charge in [0, 0.05) is 48.5 Å². The van der Waals surface area contributed by atoms with Crippen LogP contribution in [0.25, 0.3) is 32.9 Å². The molecule has 0 aliphatic rings. The first-order valence-corrected chi connectivity index (χ1v) is 10.6. The van der Waals surface area contributed by atoms with E-state index in [1.807, 2.05) is 6.07 Å². The Morgan fingerprint density at radius 1 is 0.943 bits per heavy atom. The molecule has 2 N–H and O–H groups in total. The molecule has 0 saturated heterocycles. The number of hydrogen-bond donors (Lipinski definition) is 2. The highest BCUT2D eigenvalue weighted by atomic mass is 19.4. The fourth-order valence-electron chi connectivity index (χ4n) is 4.01. The van der Waals surface area contributed by atoms with Crippen LogP contribution in [0, 0.1) is 0 Å². The van der Waals surface area contributed by atoms with Gasteiger partial charge in [0.1, 0.15) is 11.5 Å². The lowest BCUT2D eigenvalue weighted by molar-refractivity contribution is -0.137. The van der Waals surface area contributed by atoms with Crippen LogP contribution in [0.2, 0.25) is 0 Å². The lowest BCUT2D eigenvalue weighted by atomic mass is 9.99. The van der Waals surface area contributed by atoms with Crippen LogP contribution < -0.4 is 16.2 Å². The van der Waals surface area contributed by atoms with Crippen molar-refractivity contribution in [2.24, 2.45) is 7.05 Å². The quantitative estimate of drug-likeness (QED) is 0.364. The fourth-order valence-corrected chi connectivity index (χ4v) is 4.01. The van der Waals surface area contributed by atoms with Crippen molar-refractivity contribution in [1.29, 1.82) is 0 Å². The molecule has 5 aromatic rings. The molecule has 0 spiro atoms. The second-order valence-electron chi connectivity index (χ2n) is 7.91. The molecule has 0 fully saturated rings. The third kappa shape index (κ3) is 4.03. The molecule has 0 bridgehead atoms. The third-order valence-electron chi connectivity index (χ3n) is 5.72. The van der Waals surface area contributed by atoms with E-state index in [4.69, 9.17) is 0 Å². The van der Waals surface area contributed by atoms with Crippen LogP contribution in [-0.4, -0.2) is 26.6 Å². The van der Waals surface area contributed by atoms with Gasteiger partial charge in [-0.3, -0.25) is 9.36 Å². The number of nitrogens with one attached hydrogen (secondary N) is 2. The van der Waals surface area contributed by atoms with Crippen LogP contribution in [-0.2, 0) is 13.2 Å². The number of hydrogen-bond acceptors (Lipinski definition) is 6. The van der Waals surface area contributed by atoms with Crippen molar-refractivity contribution in [2.45, 2.75) is 6.18 Å². The van der Waals surface area contributed by atoms with Crippen molar-refractivity contribution in [1.82, 2.24) is 19.5 Å². The number of fused-ring (bicyclic) bond motifs is 2. The minimum absolute atomic E-state index is 0.241. The van der Waals surface area contributed by atoms with E-state index in [-0.39, 0.29) is 11.2 Å². The van der Waals surface area contributed by atoms with E-state index in [0.717, 1.165) is 17.5 Å². The van der Waals surface area contributed by atoms with Crippen LogP contribution in [0.15, 0.2) is 71.8 Å². The van der Waals surface area contributed by atoms with Gasteiger partial charge in [0.25, 0.3) is 5.56 Å². The number of benzene rings is 2. The Kier molecular flexibility index (Phi) is 5.35. The average Bonchev–Trinajstić information content (AvgIpc) is 2.85. The summed E-state index contributed by atoms with van der Waals surface area (Å²) in [6.07, 6.45) is -1.26. The first-order valence-electron chi connectivity index (χ1n) is 10.6. The van der Waals surface area contributed by atoms with E-state index in [1.165, 1.54) is 16.7 Å². The Bertz CT molecular complexity index is 1650. The number of nitrogens with zero attached hydrogens (tertiary/aromatic N) is 4. The average molecular weight is 476 g/mol. The molecular weight excluding hydrogens is 457 g/mol. The van der Waals surface area contributed by atoms with Crippen molar-refractivity contribution < 1.29 is 13.2 Å². The maximum Gasteiger partial charge on any atom is 0.416 e. The first-order chi connectivity index (χ1) is 16.8. The monoisotopic (exact) mass is 476 g/mol. The molecule has 0 saturated carbocycles. The second kappa shape index (κ2) is 8.39. The van der Waals surface area contributed by atoms with Crippen LogP contribution in [0.5, 0.6) is 0 Å². The Morgan fingerprint density at radius 2 is 1.74 bits per heavy atom. The fraction of sp³-hybridized carbons (Fsp3) is 0.120. The van der Waals surface area contributed by atoms with Gasteiger partial charge in [-0.1, -0.05) is 24.3 Å². The third-order valence-corrected chi connectivity index (χ3v) is 5.72. The summed E-state index contributed by atoms with van der Waals surface area (Å²) < 4.78 is 40.9. The number of alkyl halides is 3. The molecule has 3 heterocycles. The Labute approximate surface area is 197 Å². The van der Waals surface area contributed by atoms with Gasteiger partial charge in [0.15, 0.2) is 0 Å². The van der Waals surface area contributed by atoms with Crippen molar-refractivity contribution in [3.63, 3.8) is 0 Å². The van der Waals surface area contributed by atoms with E-state index < -0.39 is 11.7 Å². The van der Waals surface area contributed by atoms with Crippen molar-refractivity contribution in [3.05, 3.63) is 82.9 Å². The van der Waals surface area contributed by atoms with Gasteiger partial charge in [-0.15, -0.1) is 0 Å². The minimum atomic E-state index is -4.45.